The first-order valence-electron chi connectivity index (χ1n) is 11.0. The van der Waals surface area contributed by atoms with E-state index in [1.165, 1.54) is 0 Å². The molecule has 0 radical (unpaired) electrons. The summed E-state index contributed by atoms with van der Waals surface area (Å²) in [5.41, 5.74) is 4.54. The summed E-state index contributed by atoms with van der Waals surface area (Å²) in [6.45, 7) is 4.23. The zero-order chi connectivity index (χ0) is 23.1. The second kappa shape index (κ2) is 10.8. The van der Waals surface area contributed by atoms with E-state index in [1.54, 1.807) is 0 Å². The van der Waals surface area contributed by atoms with Crippen molar-refractivity contribution in [2.75, 3.05) is 13.2 Å². The van der Waals surface area contributed by atoms with Crippen LogP contribution in [-0.2, 0) is 14.3 Å². The van der Waals surface area contributed by atoms with Crippen molar-refractivity contribution in [3.8, 4) is 11.1 Å². The Kier molecular flexibility index (Phi) is 7.87. The van der Waals surface area contributed by atoms with Gasteiger partial charge < -0.3 is 20.5 Å². The van der Waals surface area contributed by atoms with E-state index < -0.39 is 18.1 Å². The predicted molar refractivity (Wildman–Crippen MR) is 121 cm³/mol. The second-order valence-corrected chi connectivity index (χ2v) is 8.12. The van der Waals surface area contributed by atoms with Gasteiger partial charge in [-0.3, -0.25) is 9.59 Å². The van der Waals surface area contributed by atoms with Crippen LogP contribution in [0.5, 0.6) is 0 Å². The molecule has 3 N–H and O–H groups in total. The summed E-state index contributed by atoms with van der Waals surface area (Å²) in [5, 5.41) is 14.1. The molecule has 1 aliphatic carbocycles. The fourth-order valence-electron chi connectivity index (χ4n) is 4.03. The minimum atomic E-state index is -0.908. The van der Waals surface area contributed by atoms with Gasteiger partial charge in [0.25, 0.3) is 0 Å². The molecule has 2 aromatic rings. The van der Waals surface area contributed by atoms with Crippen LogP contribution in [0.4, 0.5) is 4.79 Å². The molecule has 7 heteroatoms. The molecule has 2 atom stereocenters. The molecule has 0 fully saturated rings. The van der Waals surface area contributed by atoms with E-state index in [0.29, 0.717) is 12.8 Å². The Morgan fingerprint density at radius 1 is 1.03 bits per heavy atom. The molecule has 32 heavy (non-hydrogen) atoms. The van der Waals surface area contributed by atoms with Crippen molar-refractivity contribution >= 4 is 18.0 Å². The molecule has 0 heterocycles. The third-order valence-corrected chi connectivity index (χ3v) is 5.98. The lowest BCUT2D eigenvalue weighted by Crippen LogP contribution is -2.50. The maximum absolute atomic E-state index is 12.6. The number of fused-ring (bicyclic) bond motifs is 3. The number of aliphatic carboxylic acids is 1. The normalized spacial score (nSPS) is 14.1. The van der Waals surface area contributed by atoms with Crippen LogP contribution in [-0.4, -0.2) is 42.3 Å². The number of carboxylic acids is 1. The molecule has 3 rings (SSSR count). The third-order valence-electron chi connectivity index (χ3n) is 5.98. The molecule has 1 aliphatic rings. The molecule has 2 amide bonds. The van der Waals surface area contributed by atoms with E-state index in [9.17, 15) is 14.4 Å². The number of carboxylic acid groups (broad SMARTS) is 1. The first kappa shape index (κ1) is 23.3. The van der Waals surface area contributed by atoms with E-state index in [1.807, 2.05) is 50.2 Å². The van der Waals surface area contributed by atoms with Crippen LogP contribution in [0.3, 0.4) is 0 Å². The highest BCUT2D eigenvalue weighted by Crippen LogP contribution is 2.44. The molecule has 170 valence electrons. The van der Waals surface area contributed by atoms with Crippen molar-refractivity contribution in [3.05, 3.63) is 59.7 Å². The lowest BCUT2D eigenvalue weighted by molar-refractivity contribution is -0.137. The van der Waals surface area contributed by atoms with Gasteiger partial charge in [0, 0.05) is 18.9 Å². The summed E-state index contributed by atoms with van der Waals surface area (Å²) in [5.74, 6) is -1.40. The van der Waals surface area contributed by atoms with Crippen molar-refractivity contribution in [3.63, 3.8) is 0 Å². The standard InChI is InChI=1S/C25H30N2O5/c1-3-16(2)23(24(30)26-14-8-13-22(28)29)27-25(31)32-15-21-19-11-6-4-9-17(19)18-10-5-7-12-20(18)21/h4-7,9-12,16,21,23H,3,8,13-15H2,1-2H3,(H,26,30)(H,27,31)(H,28,29)/t16?,23-/m0/s1. The minimum absolute atomic E-state index is 0.0198. The summed E-state index contributed by atoms with van der Waals surface area (Å²) in [7, 11) is 0. The van der Waals surface area contributed by atoms with Gasteiger partial charge in [0.15, 0.2) is 0 Å². The number of hydrogen-bond donors (Lipinski definition) is 3. The maximum Gasteiger partial charge on any atom is 0.407 e. The van der Waals surface area contributed by atoms with Crippen LogP contribution in [0.1, 0.15) is 50.2 Å². The lowest BCUT2D eigenvalue weighted by Gasteiger charge is -2.24. The Balaban J connectivity index is 1.61. The van der Waals surface area contributed by atoms with Crippen molar-refractivity contribution in [2.45, 2.75) is 45.1 Å². The van der Waals surface area contributed by atoms with Crippen LogP contribution in [0.25, 0.3) is 11.1 Å². The SMILES string of the molecule is CCC(C)[C@H](NC(=O)OCC1c2ccccc2-c2ccccc21)C(=O)NCCCC(=O)O. The number of carbonyl (C=O) groups excluding carboxylic acids is 2. The molecule has 0 aliphatic heterocycles. The molecule has 0 spiro atoms. The number of ether oxygens (including phenoxy) is 1. The first-order valence-corrected chi connectivity index (χ1v) is 11.0. The Bertz CT molecular complexity index is 929. The van der Waals surface area contributed by atoms with E-state index in [4.69, 9.17) is 9.84 Å². The molecule has 0 saturated heterocycles. The van der Waals surface area contributed by atoms with Gasteiger partial charge in [0.2, 0.25) is 5.91 Å². The van der Waals surface area contributed by atoms with Crippen molar-refractivity contribution in [1.29, 1.82) is 0 Å². The highest BCUT2D eigenvalue weighted by molar-refractivity contribution is 5.86. The minimum Gasteiger partial charge on any atom is -0.481 e. The third kappa shape index (κ3) is 5.46. The topological polar surface area (TPSA) is 105 Å². The summed E-state index contributed by atoms with van der Waals surface area (Å²) < 4.78 is 5.56. The van der Waals surface area contributed by atoms with Crippen molar-refractivity contribution in [1.82, 2.24) is 10.6 Å². The molecular formula is C25H30N2O5. The molecule has 0 bridgehead atoms. The van der Waals surface area contributed by atoms with Crippen LogP contribution >= 0.6 is 0 Å². The van der Waals surface area contributed by atoms with Crippen LogP contribution < -0.4 is 10.6 Å². The van der Waals surface area contributed by atoms with Gasteiger partial charge in [0.05, 0.1) is 0 Å². The van der Waals surface area contributed by atoms with Crippen LogP contribution in [0.15, 0.2) is 48.5 Å². The monoisotopic (exact) mass is 438 g/mol. The Hall–Kier alpha value is -3.35. The Morgan fingerprint density at radius 3 is 2.19 bits per heavy atom. The predicted octanol–water partition coefficient (Wildman–Crippen LogP) is 3.92. The molecule has 0 saturated carbocycles. The first-order chi connectivity index (χ1) is 15.4. The zero-order valence-electron chi connectivity index (χ0n) is 18.5. The zero-order valence-corrected chi connectivity index (χ0v) is 18.5. The quantitative estimate of drug-likeness (QED) is 0.488. The Morgan fingerprint density at radius 2 is 1.62 bits per heavy atom. The van der Waals surface area contributed by atoms with Crippen molar-refractivity contribution in [2.24, 2.45) is 5.92 Å². The van der Waals surface area contributed by atoms with Crippen LogP contribution in [0, 0.1) is 5.92 Å². The highest BCUT2D eigenvalue weighted by Gasteiger charge is 2.30. The number of amides is 2. The highest BCUT2D eigenvalue weighted by atomic mass is 16.5. The molecular weight excluding hydrogens is 408 g/mol. The summed E-state index contributed by atoms with van der Waals surface area (Å²) >= 11 is 0. The summed E-state index contributed by atoms with van der Waals surface area (Å²) in [6, 6.07) is 15.4. The number of rotatable bonds is 10. The van der Waals surface area contributed by atoms with Gasteiger partial charge in [-0.15, -0.1) is 0 Å². The summed E-state index contributed by atoms with van der Waals surface area (Å²) in [6.07, 6.45) is 0.363. The number of carbonyl (C=O) groups is 3. The second-order valence-electron chi connectivity index (χ2n) is 8.12. The fourth-order valence-corrected chi connectivity index (χ4v) is 4.03. The van der Waals surface area contributed by atoms with Gasteiger partial charge in [-0.1, -0.05) is 68.8 Å². The average molecular weight is 439 g/mol. The largest absolute Gasteiger partial charge is 0.481 e. The smallest absolute Gasteiger partial charge is 0.407 e. The number of benzene rings is 2. The lowest BCUT2D eigenvalue weighted by atomic mass is 9.98. The Labute approximate surface area is 188 Å². The van der Waals surface area contributed by atoms with E-state index in [2.05, 4.69) is 22.8 Å². The van der Waals surface area contributed by atoms with E-state index in [-0.39, 0.29) is 37.3 Å². The van der Waals surface area contributed by atoms with E-state index >= 15 is 0 Å². The average Bonchev–Trinajstić information content (AvgIpc) is 3.12. The fraction of sp³-hybridized carbons (Fsp3) is 0.400. The van der Waals surface area contributed by atoms with Gasteiger partial charge >= 0.3 is 12.1 Å². The molecule has 7 nitrogen and oxygen atoms in total. The van der Waals surface area contributed by atoms with Crippen LogP contribution in [0.2, 0.25) is 0 Å². The maximum atomic E-state index is 12.6. The number of hydrogen-bond acceptors (Lipinski definition) is 4. The number of alkyl carbamates (subject to hydrolysis) is 1. The molecule has 0 aromatic heterocycles. The molecule has 2 aromatic carbocycles. The summed E-state index contributed by atoms with van der Waals surface area (Å²) in [4.78, 5) is 35.8. The molecule has 1 unspecified atom stereocenters. The van der Waals surface area contributed by atoms with Crippen molar-refractivity contribution < 1.29 is 24.2 Å². The van der Waals surface area contributed by atoms with Gasteiger partial charge in [-0.25, -0.2) is 4.79 Å². The van der Waals surface area contributed by atoms with Gasteiger partial charge in [-0.2, -0.15) is 0 Å². The van der Waals surface area contributed by atoms with E-state index in [0.717, 1.165) is 22.3 Å². The van der Waals surface area contributed by atoms with Gasteiger partial charge in [0.1, 0.15) is 12.6 Å². The number of nitrogens with one attached hydrogen (secondary N) is 2. The van der Waals surface area contributed by atoms with Gasteiger partial charge in [-0.05, 0) is 34.6 Å².